The van der Waals surface area contributed by atoms with Gasteiger partial charge >= 0.3 is 11.8 Å². The number of esters is 1. The van der Waals surface area contributed by atoms with Crippen molar-refractivity contribution < 1.29 is 14.5 Å². The van der Waals surface area contributed by atoms with Crippen LogP contribution in [0.25, 0.3) is 11.0 Å². The number of carbonyl (C=O) groups is 1. The second kappa shape index (κ2) is 8.24. The van der Waals surface area contributed by atoms with Gasteiger partial charge in [0.25, 0.3) is 5.65 Å². The fraction of sp³-hybridized carbons (Fsp3) is 0.611. The minimum absolute atomic E-state index is 0.224. The molecule has 2 aromatic heterocycles. The molecule has 3 rings (SSSR count). The maximum Gasteiger partial charge on any atom is 0.367 e. The summed E-state index contributed by atoms with van der Waals surface area (Å²) < 4.78 is 6.49. The van der Waals surface area contributed by atoms with Gasteiger partial charge in [-0.15, -0.1) is 11.8 Å². The van der Waals surface area contributed by atoms with Crippen LogP contribution in [0.3, 0.4) is 0 Å². The second-order valence-electron chi connectivity index (χ2n) is 6.84. The van der Waals surface area contributed by atoms with Crippen molar-refractivity contribution >= 4 is 34.6 Å². The van der Waals surface area contributed by atoms with E-state index in [0.717, 1.165) is 36.0 Å². The third-order valence-corrected chi connectivity index (χ3v) is 6.40. The summed E-state index contributed by atoms with van der Waals surface area (Å²) in [6, 6.07) is 0.858. The number of thioether (sulfide) groups is 1. The van der Waals surface area contributed by atoms with Gasteiger partial charge in [0, 0.05) is 10.1 Å². The maximum absolute atomic E-state index is 12.5. The summed E-state index contributed by atoms with van der Waals surface area (Å²) in [7, 11) is 1.35. The smallest absolute Gasteiger partial charge is 0.367 e. The molecule has 2 aromatic rings. The van der Waals surface area contributed by atoms with Crippen molar-refractivity contribution in [2.75, 3.05) is 7.11 Å². The monoisotopic (exact) mass is 392 g/mol. The van der Waals surface area contributed by atoms with Gasteiger partial charge in [-0.1, -0.05) is 26.7 Å². The van der Waals surface area contributed by atoms with E-state index < -0.39 is 16.9 Å². The highest BCUT2D eigenvalue weighted by atomic mass is 32.2. The molecular formula is C18H24N4O4S. The molecular weight excluding hydrogens is 368 g/mol. The Morgan fingerprint density at radius 1 is 1.44 bits per heavy atom. The Balaban J connectivity index is 2.09. The molecule has 1 aliphatic carbocycles. The molecule has 2 heterocycles. The summed E-state index contributed by atoms with van der Waals surface area (Å²) in [5.41, 5.74) is 0.369. The fourth-order valence-corrected chi connectivity index (χ4v) is 4.31. The molecule has 146 valence electrons. The van der Waals surface area contributed by atoms with Gasteiger partial charge in [0.2, 0.25) is 0 Å². The molecule has 1 saturated carbocycles. The van der Waals surface area contributed by atoms with Gasteiger partial charge in [0.15, 0.2) is 6.04 Å². The van der Waals surface area contributed by atoms with Crippen LogP contribution in [0.4, 0.5) is 5.82 Å². The zero-order valence-electron chi connectivity index (χ0n) is 15.8. The number of carbonyl (C=O) groups excluding carboxylic acids is 1. The van der Waals surface area contributed by atoms with Crippen LogP contribution in [0.1, 0.15) is 52.0 Å². The van der Waals surface area contributed by atoms with Crippen molar-refractivity contribution in [1.29, 1.82) is 0 Å². The Morgan fingerprint density at radius 2 is 2.15 bits per heavy atom. The van der Waals surface area contributed by atoms with E-state index >= 15 is 0 Å². The zero-order valence-corrected chi connectivity index (χ0v) is 16.6. The molecule has 8 nitrogen and oxygen atoms in total. The number of nitro groups is 1. The van der Waals surface area contributed by atoms with Crippen LogP contribution in [0, 0.1) is 16.0 Å². The highest BCUT2D eigenvalue weighted by Crippen LogP contribution is 2.43. The van der Waals surface area contributed by atoms with E-state index in [1.165, 1.54) is 17.9 Å². The molecule has 0 spiro atoms. The van der Waals surface area contributed by atoms with E-state index in [9.17, 15) is 14.9 Å². The van der Waals surface area contributed by atoms with Crippen LogP contribution in [-0.4, -0.2) is 38.0 Å². The standard InChI is InChI=1S/C18H24N4O4S/c1-4-11(5-2)8-14(18(23)26-3)21-17-13(10-19-21)15(27-12-6-7-12)9-16(20-17)22(24)25/h9-12,14H,4-8H2,1-3H3. The number of methoxy groups -OCH3 is 1. The van der Waals surface area contributed by atoms with Gasteiger partial charge in [-0.3, -0.25) is 0 Å². The van der Waals surface area contributed by atoms with Gasteiger partial charge < -0.3 is 14.9 Å². The lowest BCUT2D eigenvalue weighted by Gasteiger charge is -2.20. The molecule has 1 unspecified atom stereocenters. The van der Waals surface area contributed by atoms with Gasteiger partial charge in [-0.2, -0.15) is 5.10 Å². The molecule has 9 heteroatoms. The molecule has 0 bridgehead atoms. The summed E-state index contributed by atoms with van der Waals surface area (Å²) in [4.78, 5) is 28.3. The van der Waals surface area contributed by atoms with E-state index in [4.69, 9.17) is 4.74 Å². The summed E-state index contributed by atoms with van der Waals surface area (Å²) in [5.74, 6) is -0.303. The van der Waals surface area contributed by atoms with Crippen molar-refractivity contribution in [3.8, 4) is 0 Å². The average Bonchev–Trinajstić information content (AvgIpc) is 3.38. The first-order chi connectivity index (χ1) is 13.0. The molecule has 27 heavy (non-hydrogen) atoms. The lowest BCUT2D eigenvalue weighted by Crippen LogP contribution is -2.24. The lowest BCUT2D eigenvalue weighted by molar-refractivity contribution is -0.389. The van der Waals surface area contributed by atoms with Gasteiger partial charge in [0.05, 0.1) is 24.8 Å². The van der Waals surface area contributed by atoms with Crippen LogP contribution < -0.4 is 0 Å². The van der Waals surface area contributed by atoms with Crippen LogP contribution in [-0.2, 0) is 9.53 Å². The minimum atomic E-state index is -0.648. The average molecular weight is 392 g/mol. The number of ether oxygens (including phenoxy) is 1. The Morgan fingerprint density at radius 3 is 2.70 bits per heavy atom. The van der Waals surface area contributed by atoms with E-state index in [0.29, 0.717) is 23.2 Å². The predicted molar refractivity (Wildman–Crippen MR) is 103 cm³/mol. The molecule has 1 aliphatic rings. The van der Waals surface area contributed by atoms with E-state index in [2.05, 4.69) is 23.9 Å². The molecule has 0 aromatic carbocycles. The van der Waals surface area contributed by atoms with Crippen LogP contribution in [0.5, 0.6) is 0 Å². The van der Waals surface area contributed by atoms with E-state index in [-0.39, 0.29) is 5.82 Å². The summed E-state index contributed by atoms with van der Waals surface area (Å²) >= 11 is 1.62. The highest BCUT2D eigenvalue weighted by molar-refractivity contribution is 8.00. The summed E-state index contributed by atoms with van der Waals surface area (Å²) in [5, 5.41) is 17.0. The first kappa shape index (κ1) is 19.6. The van der Waals surface area contributed by atoms with Crippen LogP contribution >= 0.6 is 11.8 Å². The third kappa shape index (κ3) is 4.23. The van der Waals surface area contributed by atoms with Gasteiger partial charge in [0.1, 0.15) is 0 Å². The quantitative estimate of drug-likeness (QED) is 0.359. The van der Waals surface area contributed by atoms with Crippen molar-refractivity contribution in [2.24, 2.45) is 5.92 Å². The number of pyridine rings is 1. The summed E-state index contributed by atoms with van der Waals surface area (Å²) in [6.07, 6.45) is 6.29. The Kier molecular flexibility index (Phi) is 5.98. The first-order valence-corrected chi connectivity index (χ1v) is 10.1. The Labute approximate surface area is 161 Å². The fourth-order valence-electron chi connectivity index (χ4n) is 3.13. The third-order valence-electron chi connectivity index (χ3n) is 5.00. The largest absolute Gasteiger partial charge is 0.467 e. The van der Waals surface area contributed by atoms with Crippen molar-refractivity contribution in [1.82, 2.24) is 14.8 Å². The number of nitrogens with zero attached hydrogens (tertiary/aromatic N) is 4. The number of aromatic nitrogens is 3. The SMILES string of the molecule is CCC(CC)CC(C(=O)OC)n1ncc2c(SC3CC3)cc([N+](=O)[O-])nc21. The molecule has 0 aliphatic heterocycles. The molecule has 0 amide bonds. The number of rotatable bonds is 9. The van der Waals surface area contributed by atoms with Crippen molar-refractivity contribution in [3.63, 3.8) is 0 Å². The first-order valence-electron chi connectivity index (χ1n) is 9.25. The van der Waals surface area contributed by atoms with Crippen molar-refractivity contribution in [2.45, 2.75) is 62.1 Å². The Hall–Kier alpha value is -2.16. The highest BCUT2D eigenvalue weighted by Gasteiger charge is 2.32. The normalized spacial score (nSPS) is 15.3. The number of fused-ring (bicyclic) bond motifs is 1. The number of hydrogen-bond donors (Lipinski definition) is 0. The van der Waals surface area contributed by atoms with Crippen LogP contribution in [0.15, 0.2) is 17.2 Å². The Bertz CT molecular complexity index is 845. The number of hydrogen-bond acceptors (Lipinski definition) is 7. The summed E-state index contributed by atoms with van der Waals surface area (Å²) in [6.45, 7) is 4.16. The molecule has 0 N–H and O–H groups in total. The van der Waals surface area contributed by atoms with Crippen molar-refractivity contribution in [3.05, 3.63) is 22.4 Å². The molecule has 1 fully saturated rings. The topological polar surface area (TPSA) is 100 Å². The molecule has 0 radical (unpaired) electrons. The molecule has 1 atom stereocenters. The lowest BCUT2D eigenvalue weighted by atomic mass is 9.95. The predicted octanol–water partition coefficient (Wildman–Crippen LogP) is 4.13. The zero-order chi connectivity index (χ0) is 19.6. The van der Waals surface area contributed by atoms with E-state index in [1.807, 2.05) is 0 Å². The molecule has 0 saturated heterocycles. The van der Waals surface area contributed by atoms with Gasteiger partial charge in [-0.05, 0) is 35.1 Å². The second-order valence-corrected chi connectivity index (χ2v) is 8.18. The van der Waals surface area contributed by atoms with Crippen LogP contribution in [0.2, 0.25) is 0 Å². The maximum atomic E-state index is 12.5. The minimum Gasteiger partial charge on any atom is -0.467 e. The van der Waals surface area contributed by atoms with Gasteiger partial charge in [-0.25, -0.2) is 9.48 Å². The van der Waals surface area contributed by atoms with E-state index in [1.54, 1.807) is 18.0 Å².